The molecule has 1 aliphatic heterocycles. The van der Waals surface area contributed by atoms with Gasteiger partial charge in [0.05, 0.1) is 5.39 Å². The summed E-state index contributed by atoms with van der Waals surface area (Å²) >= 11 is 1.55. The molecule has 152 valence electrons. The highest BCUT2D eigenvalue weighted by Gasteiger charge is 2.29. The summed E-state index contributed by atoms with van der Waals surface area (Å²) in [6, 6.07) is 9.72. The molecule has 1 amide bonds. The van der Waals surface area contributed by atoms with Crippen LogP contribution in [0.2, 0.25) is 0 Å². The number of pyridine rings is 1. The maximum atomic E-state index is 13.3. The SMILES string of the molecule is Cc1sc2nc(C3CCCN(C(=O)c4nccc5ccccc45)C3)[nH]c(=O)c2c1C. The van der Waals surface area contributed by atoms with Gasteiger partial charge in [-0.3, -0.25) is 14.6 Å². The third-order valence-corrected chi connectivity index (χ3v) is 7.13. The lowest BCUT2D eigenvalue weighted by Crippen LogP contribution is -2.40. The largest absolute Gasteiger partial charge is 0.337 e. The molecule has 5 rings (SSSR count). The van der Waals surface area contributed by atoms with Crippen LogP contribution in [0.3, 0.4) is 0 Å². The molecule has 1 atom stereocenters. The van der Waals surface area contributed by atoms with Gasteiger partial charge in [-0.25, -0.2) is 4.98 Å². The normalized spacial score (nSPS) is 17.0. The number of fused-ring (bicyclic) bond motifs is 2. The van der Waals surface area contributed by atoms with Crippen LogP contribution in [0.4, 0.5) is 0 Å². The molecule has 30 heavy (non-hydrogen) atoms. The number of H-pyrrole nitrogens is 1. The molecule has 0 saturated carbocycles. The number of nitrogens with zero attached hydrogens (tertiary/aromatic N) is 3. The van der Waals surface area contributed by atoms with E-state index in [2.05, 4.69) is 9.97 Å². The molecule has 1 fully saturated rings. The van der Waals surface area contributed by atoms with E-state index in [0.717, 1.165) is 38.9 Å². The van der Waals surface area contributed by atoms with Crippen LogP contribution < -0.4 is 5.56 Å². The van der Waals surface area contributed by atoms with Crippen molar-refractivity contribution in [3.8, 4) is 0 Å². The van der Waals surface area contributed by atoms with Gasteiger partial charge in [-0.05, 0) is 43.7 Å². The second kappa shape index (κ2) is 7.32. The van der Waals surface area contributed by atoms with E-state index < -0.39 is 0 Å². The molecule has 0 radical (unpaired) electrons. The molecule has 1 aromatic carbocycles. The third kappa shape index (κ3) is 3.10. The van der Waals surface area contributed by atoms with Gasteiger partial charge in [-0.1, -0.05) is 24.3 Å². The number of amides is 1. The molecule has 1 aliphatic rings. The number of aryl methyl sites for hydroxylation is 2. The van der Waals surface area contributed by atoms with Gasteiger partial charge in [0.2, 0.25) is 0 Å². The fourth-order valence-corrected chi connectivity index (χ4v) is 5.33. The van der Waals surface area contributed by atoms with Crippen molar-refractivity contribution in [2.24, 2.45) is 0 Å². The molecule has 4 heterocycles. The number of carbonyl (C=O) groups is 1. The number of hydrogen-bond donors (Lipinski definition) is 1. The first-order valence-electron chi connectivity index (χ1n) is 10.2. The lowest BCUT2D eigenvalue weighted by molar-refractivity contribution is 0.0701. The molecule has 0 aliphatic carbocycles. The zero-order valence-electron chi connectivity index (χ0n) is 16.9. The number of piperidine rings is 1. The Morgan fingerprint density at radius 2 is 2.07 bits per heavy atom. The monoisotopic (exact) mass is 418 g/mol. The Bertz CT molecular complexity index is 1340. The predicted octanol–water partition coefficient (Wildman–Crippen LogP) is 4.17. The number of rotatable bonds is 2. The lowest BCUT2D eigenvalue weighted by Gasteiger charge is -2.32. The van der Waals surface area contributed by atoms with Gasteiger partial charge < -0.3 is 9.88 Å². The first-order valence-corrected chi connectivity index (χ1v) is 11.0. The highest BCUT2D eigenvalue weighted by atomic mass is 32.1. The number of likely N-dealkylation sites (tertiary alicyclic amines) is 1. The van der Waals surface area contributed by atoms with E-state index in [1.54, 1.807) is 17.5 Å². The summed E-state index contributed by atoms with van der Waals surface area (Å²) in [5.74, 6) is 0.623. The van der Waals surface area contributed by atoms with Gasteiger partial charge in [0.25, 0.3) is 11.5 Å². The molecule has 1 saturated heterocycles. The van der Waals surface area contributed by atoms with Crippen LogP contribution in [0, 0.1) is 13.8 Å². The van der Waals surface area contributed by atoms with Crippen LogP contribution >= 0.6 is 11.3 Å². The minimum absolute atomic E-state index is 0.0116. The van der Waals surface area contributed by atoms with Crippen LogP contribution in [0.5, 0.6) is 0 Å². The van der Waals surface area contributed by atoms with Crippen LogP contribution in [-0.4, -0.2) is 38.8 Å². The summed E-state index contributed by atoms with van der Waals surface area (Å²) in [7, 11) is 0. The van der Waals surface area contributed by atoms with E-state index in [4.69, 9.17) is 4.98 Å². The molecule has 4 aromatic rings. The van der Waals surface area contributed by atoms with Crippen molar-refractivity contribution >= 4 is 38.2 Å². The predicted molar refractivity (Wildman–Crippen MR) is 119 cm³/mol. The van der Waals surface area contributed by atoms with E-state index in [1.165, 1.54) is 0 Å². The summed E-state index contributed by atoms with van der Waals surface area (Å²) in [5.41, 5.74) is 1.39. The van der Waals surface area contributed by atoms with Crippen LogP contribution in [0.15, 0.2) is 41.3 Å². The fourth-order valence-electron chi connectivity index (χ4n) is 4.29. The molecule has 7 heteroatoms. The summed E-state index contributed by atoms with van der Waals surface area (Å²) in [6.45, 7) is 5.19. The number of benzene rings is 1. The van der Waals surface area contributed by atoms with Crippen LogP contribution in [0.1, 0.15) is 45.5 Å². The van der Waals surface area contributed by atoms with Gasteiger partial charge in [-0.15, -0.1) is 11.3 Å². The minimum atomic E-state index is -0.0870. The number of thiophene rings is 1. The van der Waals surface area contributed by atoms with E-state index in [9.17, 15) is 9.59 Å². The van der Waals surface area contributed by atoms with Crippen molar-refractivity contribution in [1.29, 1.82) is 0 Å². The van der Waals surface area contributed by atoms with Crippen LogP contribution in [0.25, 0.3) is 21.0 Å². The van der Waals surface area contributed by atoms with Crippen molar-refractivity contribution in [3.63, 3.8) is 0 Å². The summed E-state index contributed by atoms with van der Waals surface area (Å²) < 4.78 is 0. The lowest BCUT2D eigenvalue weighted by atomic mass is 9.96. The number of nitrogens with one attached hydrogen (secondary N) is 1. The second-order valence-electron chi connectivity index (χ2n) is 7.89. The Morgan fingerprint density at radius 1 is 1.23 bits per heavy atom. The van der Waals surface area contributed by atoms with Gasteiger partial charge >= 0.3 is 0 Å². The van der Waals surface area contributed by atoms with E-state index >= 15 is 0 Å². The number of aromatic amines is 1. The van der Waals surface area contributed by atoms with Gasteiger partial charge in [0.15, 0.2) is 0 Å². The first kappa shape index (κ1) is 18.9. The molecule has 1 unspecified atom stereocenters. The molecule has 3 aromatic heterocycles. The Labute approximate surface area is 177 Å². The Morgan fingerprint density at radius 3 is 2.93 bits per heavy atom. The molecule has 0 spiro atoms. The van der Waals surface area contributed by atoms with Crippen molar-refractivity contribution in [2.75, 3.05) is 13.1 Å². The minimum Gasteiger partial charge on any atom is -0.337 e. The Kier molecular flexibility index (Phi) is 4.62. The van der Waals surface area contributed by atoms with Gasteiger partial charge in [-0.2, -0.15) is 0 Å². The van der Waals surface area contributed by atoms with Gasteiger partial charge in [0.1, 0.15) is 16.3 Å². The Hall–Kier alpha value is -3.06. The van der Waals surface area contributed by atoms with E-state index in [-0.39, 0.29) is 17.4 Å². The molecular weight excluding hydrogens is 396 g/mol. The maximum absolute atomic E-state index is 13.3. The zero-order chi connectivity index (χ0) is 20.8. The van der Waals surface area contributed by atoms with Crippen molar-refractivity contribution in [3.05, 3.63) is 68.8 Å². The number of hydrogen-bond acceptors (Lipinski definition) is 5. The molecule has 6 nitrogen and oxygen atoms in total. The average molecular weight is 419 g/mol. The summed E-state index contributed by atoms with van der Waals surface area (Å²) in [6.07, 6.45) is 3.45. The van der Waals surface area contributed by atoms with Gasteiger partial charge in [0, 0.05) is 35.5 Å². The Balaban J connectivity index is 1.47. The number of carbonyl (C=O) groups excluding carboxylic acids is 1. The first-order chi connectivity index (χ1) is 14.5. The fraction of sp³-hybridized carbons (Fsp3) is 0.304. The quantitative estimate of drug-likeness (QED) is 0.530. The summed E-state index contributed by atoms with van der Waals surface area (Å²) in [5, 5.41) is 2.55. The zero-order valence-corrected chi connectivity index (χ0v) is 17.8. The highest BCUT2D eigenvalue weighted by molar-refractivity contribution is 7.18. The van der Waals surface area contributed by atoms with Crippen molar-refractivity contribution in [2.45, 2.75) is 32.6 Å². The third-order valence-electron chi connectivity index (χ3n) is 6.03. The summed E-state index contributed by atoms with van der Waals surface area (Å²) in [4.78, 5) is 41.9. The topological polar surface area (TPSA) is 79.0 Å². The smallest absolute Gasteiger partial charge is 0.273 e. The van der Waals surface area contributed by atoms with Crippen LogP contribution in [-0.2, 0) is 0 Å². The molecule has 1 N–H and O–H groups in total. The standard InChI is InChI=1S/C23H22N4O2S/c1-13-14(2)30-22-18(13)21(28)25-20(26-22)16-7-5-11-27(12-16)23(29)19-17-8-4-3-6-15(17)9-10-24-19/h3-4,6,8-10,16H,5,7,11-12H2,1-2H3,(H,25,26,28). The van der Waals surface area contributed by atoms with Crippen molar-refractivity contribution < 1.29 is 4.79 Å². The molecular formula is C23H22N4O2S. The highest BCUT2D eigenvalue weighted by Crippen LogP contribution is 2.30. The molecule has 0 bridgehead atoms. The second-order valence-corrected chi connectivity index (χ2v) is 9.09. The van der Waals surface area contributed by atoms with Crippen molar-refractivity contribution in [1.82, 2.24) is 19.9 Å². The number of aromatic nitrogens is 3. The maximum Gasteiger partial charge on any atom is 0.273 e. The van der Waals surface area contributed by atoms with E-state index in [0.29, 0.717) is 30.0 Å². The average Bonchev–Trinajstić information content (AvgIpc) is 3.06. The van der Waals surface area contributed by atoms with E-state index in [1.807, 2.05) is 49.1 Å².